The molecule has 1 aliphatic rings. The molecule has 2 aromatic heterocycles. The second-order valence-electron chi connectivity index (χ2n) is 5.41. The molecule has 3 heterocycles. The smallest absolute Gasteiger partial charge is 0.323 e. The van der Waals surface area contributed by atoms with E-state index >= 15 is 0 Å². The number of likely N-dealkylation sites (tertiary alicyclic amines) is 1. The lowest BCUT2D eigenvalue weighted by molar-refractivity contribution is -0.148. The van der Waals surface area contributed by atoms with Crippen LogP contribution >= 0.6 is 11.3 Å². The molecule has 0 amide bonds. The number of aromatic nitrogens is 3. The van der Waals surface area contributed by atoms with Crippen LogP contribution in [0.5, 0.6) is 0 Å². The van der Waals surface area contributed by atoms with E-state index in [1.165, 1.54) is 29.0 Å². The third-order valence-corrected chi connectivity index (χ3v) is 4.67. The molecule has 0 aliphatic carbocycles. The van der Waals surface area contributed by atoms with E-state index in [1.54, 1.807) is 0 Å². The van der Waals surface area contributed by atoms with Crippen molar-refractivity contribution in [3.63, 3.8) is 0 Å². The van der Waals surface area contributed by atoms with Crippen molar-refractivity contribution in [1.82, 2.24) is 19.5 Å². The largest absolute Gasteiger partial charge is 0.468 e. The van der Waals surface area contributed by atoms with Gasteiger partial charge in [-0.3, -0.25) is 14.5 Å². The van der Waals surface area contributed by atoms with Crippen molar-refractivity contribution in [2.24, 2.45) is 0 Å². The van der Waals surface area contributed by atoms with Crippen molar-refractivity contribution < 1.29 is 9.53 Å². The number of methoxy groups -OCH3 is 1. The lowest BCUT2D eigenvalue weighted by atomic mass is 10.0. The summed E-state index contributed by atoms with van der Waals surface area (Å²) in [7, 11) is 1.41. The van der Waals surface area contributed by atoms with Gasteiger partial charge in [0.1, 0.15) is 11.0 Å². The summed E-state index contributed by atoms with van der Waals surface area (Å²) < 4.78 is 6.20. The molecule has 7 nitrogen and oxygen atoms in total. The van der Waals surface area contributed by atoms with Crippen LogP contribution in [0.2, 0.25) is 0 Å². The topological polar surface area (TPSA) is 76.8 Å². The minimum atomic E-state index is -0.248. The first-order chi connectivity index (χ1) is 10.6. The molecule has 1 saturated heterocycles. The lowest BCUT2D eigenvalue weighted by Crippen LogP contribution is -2.44. The molecule has 1 aliphatic heterocycles. The van der Waals surface area contributed by atoms with E-state index in [2.05, 4.69) is 10.1 Å². The van der Waals surface area contributed by atoms with Gasteiger partial charge in [0.05, 0.1) is 12.8 Å². The molecule has 0 unspecified atom stereocenters. The number of aryl methyl sites for hydroxylation is 1. The van der Waals surface area contributed by atoms with E-state index in [4.69, 9.17) is 4.74 Å². The zero-order chi connectivity index (χ0) is 15.7. The molecular formula is C14H18N4O3S. The Labute approximate surface area is 131 Å². The van der Waals surface area contributed by atoms with Gasteiger partial charge in [0.25, 0.3) is 5.56 Å². The predicted octanol–water partition coefficient (Wildman–Crippen LogP) is 0.987. The van der Waals surface area contributed by atoms with Crippen LogP contribution in [0, 0.1) is 6.92 Å². The number of hydrogen-bond donors (Lipinski definition) is 0. The zero-order valence-corrected chi connectivity index (χ0v) is 13.4. The summed E-state index contributed by atoms with van der Waals surface area (Å²) in [6.45, 7) is 3.13. The molecule has 0 spiro atoms. The Balaban J connectivity index is 1.87. The van der Waals surface area contributed by atoms with Gasteiger partial charge in [-0.1, -0.05) is 17.8 Å². The summed E-state index contributed by atoms with van der Waals surface area (Å²) >= 11 is 1.38. The standard InChI is InChI=1S/C14H18N4O3S/c1-9-16-18-12(19)7-10(15-14(18)22-9)8-17-6-4-3-5-11(17)13(20)21-2/h7,11H,3-6,8H2,1-2H3/t11-/m1/s1. The van der Waals surface area contributed by atoms with Crippen molar-refractivity contribution in [1.29, 1.82) is 0 Å². The van der Waals surface area contributed by atoms with Crippen LogP contribution in [-0.4, -0.2) is 45.2 Å². The molecule has 8 heteroatoms. The van der Waals surface area contributed by atoms with Crippen molar-refractivity contribution in [3.8, 4) is 0 Å². The van der Waals surface area contributed by atoms with Crippen LogP contribution in [0.4, 0.5) is 0 Å². The van der Waals surface area contributed by atoms with Gasteiger partial charge in [0, 0.05) is 12.6 Å². The van der Waals surface area contributed by atoms with Gasteiger partial charge in [-0.2, -0.15) is 9.61 Å². The Kier molecular flexibility index (Phi) is 4.21. The first kappa shape index (κ1) is 15.1. The molecule has 118 valence electrons. The number of hydrogen-bond acceptors (Lipinski definition) is 7. The molecule has 22 heavy (non-hydrogen) atoms. The highest BCUT2D eigenvalue weighted by Crippen LogP contribution is 2.20. The predicted molar refractivity (Wildman–Crippen MR) is 81.9 cm³/mol. The maximum Gasteiger partial charge on any atom is 0.323 e. The molecule has 0 bridgehead atoms. The number of nitrogens with zero attached hydrogens (tertiary/aromatic N) is 4. The monoisotopic (exact) mass is 322 g/mol. The third-order valence-electron chi connectivity index (χ3n) is 3.85. The molecule has 3 rings (SSSR count). The molecule has 1 fully saturated rings. The summed E-state index contributed by atoms with van der Waals surface area (Å²) in [4.78, 5) is 31.1. The summed E-state index contributed by atoms with van der Waals surface area (Å²) in [6.07, 6.45) is 2.83. The number of fused-ring (bicyclic) bond motifs is 1. The molecule has 1 atom stereocenters. The first-order valence-electron chi connectivity index (χ1n) is 7.27. The first-order valence-corrected chi connectivity index (χ1v) is 8.08. The molecule has 0 saturated carbocycles. The van der Waals surface area contributed by atoms with Crippen LogP contribution in [-0.2, 0) is 16.1 Å². The van der Waals surface area contributed by atoms with Gasteiger partial charge in [-0.15, -0.1) is 0 Å². The number of esters is 1. The van der Waals surface area contributed by atoms with Crippen LogP contribution in [0.25, 0.3) is 4.96 Å². The number of rotatable bonds is 3. The quantitative estimate of drug-likeness (QED) is 0.784. The van der Waals surface area contributed by atoms with E-state index in [-0.39, 0.29) is 17.6 Å². The third kappa shape index (κ3) is 2.89. The Bertz CT molecular complexity index is 754. The summed E-state index contributed by atoms with van der Waals surface area (Å²) in [6, 6.07) is 1.25. The second-order valence-corrected chi connectivity index (χ2v) is 6.57. The maximum absolute atomic E-state index is 12.1. The number of piperidine rings is 1. The van der Waals surface area contributed by atoms with Crippen LogP contribution in [0.15, 0.2) is 10.9 Å². The van der Waals surface area contributed by atoms with Crippen LogP contribution in [0.3, 0.4) is 0 Å². The highest BCUT2D eigenvalue weighted by Gasteiger charge is 2.29. The van der Waals surface area contributed by atoms with Crippen molar-refractivity contribution in [3.05, 3.63) is 27.1 Å². The number of carbonyl (C=O) groups excluding carboxylic acids is 1. The Morgan fingerprint density at radius 2 is 2.32 bits per heavy atom. The van der Waals surface area contributed by atoms with E-state index in [9.17, 15) is 9.59 Å². The summed E-state index contributed by atoms with van der Waals surface area (Å²) in [5.41, 5.74) is 0.487. The van der Waals surface area contributed by atoms with E-state index < -0.39 is 0 Å². The zero-order valence-electron chi connectivity index (χ0n) is 12.6. The summed E-state index contributed by atoms with van der Waals surface area (Å²) in [5.74, 6) is -0.217. The minimum absolute atomic E-state index is 0.184. The Morgan fingerprint density at radius 3 is 3.09 bits per heavy atom. The molecule has 0 radical (unpaired) electrons. The van der Waals surface area contributed by atoms with E-state index in [0.717, 1.165) is 30.8 Å². The molecule has 0 aromatic carbocycles. The normalized spacial score (nSPS) is 19.5. The SMILES string of the molecule is COC(=O)[C@H]1CCCCN1Cc1cc(=O)n2nc(C)sc2n1. The van der Waals surface area contributed by atoms with Crippen molar-refractivity contribution >= 4 is 22.3 Å². The Hall–Kier alpha value is -1.80. The van der Waals surface area contributed by atoms with Crippen LogP contribution < -0.4 is 5.56 Å². The number of ether oxygens (including phenoxy) is 1. The highest BCUT2D eigenvalue weighted by molar-refractivity contribution is 7.16. The number of carbonyl (C=O) groups is 1. The van der Waals surface area contributed by atoms with Gasteiger partial charge in [-0.05, 0) is 26.3 Å². The van der Waals surface area contributed by atoms with Gasteiger partial charge in [0.15, 0.2) is 0 Å². The van der Waals surface area contributed by atoms with Gasteiger partial charge >= 0.3 is 5.97 Å². The fourth-order valence-electron chi connectivity index (χ4n) is 2.82. The minimum Gasteiger partial charge on any atom is -0.468 e. The average Bonchev–Trinajstić information content (AvgIpc) is 2.88. The lowest BCUT2D eigenvalue weighted by Gasteiger charge is -2.33. The van der Waals surface area contributed by atoms with Gasteiger partial charge in [-0.25, -0.2) is 4.98 Å². The summed E-state index contributed by atoms with van der Waals surface area (Å²) in [5, 5.41) is 4.93. The average molecular weight is 322 g/mol. The Morgan fingerprint density at radius 1 is 1.50 bits per heavy atom. The molecule has 2 aromatic rings. The molecule has 0 N–H and O–H groups in total. The van der Waals surface area contributed by atoms with E-state index in [1.807, 2.05) is 11.8 Å². The van der Waals surface area contributed by atoms with E-state index in [0.29, 0.717) is 17.2 Å². The van der Waals surface area contributed by atoms with Gasteiger partial charge < -0.3 is 4.74 Å². The molecular weight excluding hydrogens is 304 g/mol. The van der Waals surface area contributed by atoms with Crippen molar-refractivity contribution in [2.75, 3.05) is 13.7 Å². The maximum atomic E-state index is 12.1. The van der Waals surface area contributed by atoms with Crippen LogP contribution in [0.1, 0.15) is 30.0 Å². The van der Waals surface area contributed by atoms with Gasteiger partial charge in [0.2, 0.25) is 4.96 Å². The fourth-order valence-corrected chi connectivity index (χ4v) is 3.59. The van der Waals surface area contributed by atoms with Crippen molar-refractivity contribution in [2.45, 2.75) is 38.8 Å². The highest BCUT2D eigenvalue weighted by atomic mass is 32.1. The fraction of sp³-hybridized carbons (Fsp3) is 0.571. The second kappa shape index (κ2) is 6.13.